The van der Waals surface area contributed by atoms with E-state index in [4.69, 9.17) is 25.8 Å². The van der Waals surface area contributed by atoms with E-state index in [2.05, 4.69) is 20.3 Å². The van der Waals surface area contributed by atoms with Crippen LogP contribution >= 0.6 is 11.6 Å². The highest BCUT2D eigenvalue weighted by Crippen LogP contribution is 2.48. The van der Waals surface area contributed by atoms with Crippen LogP contribution in [0, 0.1) is 10.1 Å². The first kappa shape index (κ1) is 30.3. The van der Waals surface area contributed by atoms with Crippen molar-refractivity contribution in [3.8, 4) is 11.5 Å². The number of halogens is 1. The first-order chi connectivity index (χ1) is 21.5. The quantitative estimate of drug-likeness (QED) is 0.148. The van der Waals surface area contributed by atoms with Crippen molar-refractivity contribution in [1.82, 2.24) is 19.9 Å². The largest absolute Gasteiger partial charge is 0.486 e. The molecular formula is C32H33ClN6O6. The summed E-state index contributed by atoms with van der Waals surface area (Å²) in [5, 5.41) is 16.2. The lowest BCUT2D eigenvalue weighted by Gasteiger charge is -2.35. The standard InChI is InChI=1S/C32H33ClN6O6/c1-31(2,3)45-30(40)38-22-9-11-32(38,12-10-22)18-44-28-16-25-23(15-26(28)39(41)42)29(36-19-35-25)37-20-7-8-27(24(33)14-20)43-17-21-6-4-5-13-34-21/h4-8,13-16,19,22H,9-12,17-18H2,1-3H3,(H,35,36,37). The molecule has 2 bridgehead atoms. The van der Waals surface area contributed by atoms with Crippen molar-refractivity contribution in [2.45, 2.75) is 70.2 Å². The Balaban J connectivity index is 1.21. The second-order valence-corrected chi connectivity index (χ2v) is 12.7. The minimum atomic E-state index is -0.634. The molecule has 2 aliphatic heterocycles. The van der Waals surface area contributed by atoms with Gasteiger partial charge in [0, 0.05) is 30.1 Å². The number of nitrogens with one attached hydrogen (secondary N) is 1. The first-order valence-corrected chi connectivity index (χ1v) is 15.1. The molecule has 13 heteroatoms. The number of anilines is 2. The van der Waals surface area contributed by atoms with Crippen molar-refractivity contribution >= 4 is 45.8 Å². The molecule has 12 nitrogen and oxygen atoms in total. The van der Waals surface area contributed by atoms with Gasteiger partial charge in [-0.15, -0.1) is 0 Å². The van der Waals surface area contributed by atoms with E-state index < -0.39 is 16.1 Å². The maximum Gasteiger partial charge on any atom is 0.411 e. The van der Waals surface area contributed by atoms with Gasteiger partial charge in [-0.3, -0.25) is 20.0 Å². The van der Waals surface area contributed by atoms with Crippen LogP contribution in [0.25, 0.3) is 10.9 Å². The molecule has 2 aromatic heterocycles. The van der Waals surface area contributed by atoms with E-state index in [9.17, 15) is 14.9 Å². The van der Waals surface area contributed by atoms with Crippen molar-refractivity contribution < 1.29 is 23.9 Å². The van der Waals surface area contributed by atoms with Gasteiger partial charge < -0.3 is 19.5 Å². The van der Waals surface area contributed by atoms with Crippen LogP contribution in [0.3, 0.4) is 0 Å². The third-order valence-electron chi connectivity index (χ3n) is 8.06. The number of nitrogens with zero attached hydrogens (tertiary/aromatic N) is 5. The van der Waals surface area contributed by atoms with E-state index >= 15 is 0 Å². The first-order valence-electron chi connectivity index (χ1n) is 14.7. The minimum absolute atomic E-state index is 0.0727. The summed E-state index contributed by atoms with van der Waals surface area (Å²) in [5.74, 6) is 0.916. The van der Waals surface area contributed by atoms with Crippen LogP contribution in [-0.4, -0.2) is 54.7 Å². The Morgan fingerprint density at radius 3 is 2.58 bits per heavy atom. The molecule has 0 aliphatic carbocycles. The van der Waals surface area contributed by atoms with Crippen molar-refractivity contribution in [3.63, 3.8) is 0 Å². The average molecular weight is 633 g/mol. The summed E-state index contributed by atoms with van der Waals surface area (Å²) >= 11 is 6.49. The van der Waals surface area contributed by atoms with Gasteiger partial charge >= 0.3 is 11.8 Å². The summed E-state index contributed by atoms with van der Waals surface area (Å²) in [6.45, 7) is 5.87. The zero-order valence-electron chi connectivity index (χ0n) is 25.2. The Labute approximate surface area is 264 Å². The number of carbonyl (C=O) groups is 1. The molecule has 1 N–H and O–H groups in total. The highest BCUT2D eigenvalue weighted by atomic mass is 35.5. The monoisotopic (exact) mass is 632 g/mol. The summed E-state index contributed by atoms with van der Waals surface area (Å²) in [4.78, 5) is 39.5. The van der Waals surface area contributed by atoms with E-state index in [1.54, 1.807) is 29.3 Å². The fraction of sp³-hybridized carbons (Fsp3) is 0.375. The Hall–Kier alpha value is -4.71. The summed E-state index contributed by atoms with van der Waals surface area (Å²) in [5.41, 5.74) is 0.373. The molecule has 0 spiro atoms. The highest BCUT2D eigenvalue weighted by molar-refractivity contribution is 6.32. The third kappa shape index (κ3) is 6.41. The number of ether oxygens (including phenoxy) is 3. The summed E-state index contributed by atoms with van der Waals surface area (Å²) < 4.78 is 17.6. The smallest absolute Gasteiger partial charge is 0.411 e. The number of pyridine rings is 1. The summed E-state index contributed by atoms with van der Waals surface area (Å²) in [7, 11) is 0. The van der Waals surface area contributed by atoms with Gasteiger partial charge in [-0.1, -0.05) is 17.7 Å². The number of carbonyl (C=O) groups excluding carboxylic acids is 1. The van der Waals surface area contributed by atoms with Gasteiger partial charge in [0.15, 0.2) is 5.75 Å². The molecule has 0 atom stereocenters. The summed E-state index contributed by atoms with van der Waals surface area (Å²) in [6, 6.07) is 13.8. The number of nitro benzene ring substituents is 1. The zero-order chi connectivity index (χ0) is 31.8. The van der Waals surface area contributed by atoms with Crippen LogP contribution in [0.5, 0.6) is 11.5 Å². The van der Waals surface area contributed by atoms with Gasteiger partial charge in [0.1, 0.15) is 36.7 Å². The molecule has 2 aromatic carbocycles. The number of hydrogen-bond acceptors (Lipinski definition) is 10. The van der Waals surface area contributed by atoms with Crippen molar-refractivity contribution in [3.05, 3.63) is 81.9 Å². The van der Waals surface area contributed by atoms with E-state index in [1.807, 2.05) is 39.0 Å². The lowest BCUT2D eigenvalue weighted by molar-refractivity contribution is -0.385. The SMILES string of the molecule is CC(C)(C)OC(=O)N1C2CCC1(COc1cc3ncnc(Nc4ccc(OCc5ccccn5)c(Cl)c4)c3cc1[N+](=O)[O-])CC2. The Morgan fingerprint density at radius 2 is 1.89 bits per heavy atom. The molecule has 0 unspecified atom stereocenters. The fourth-order valence-electron chi connectivity index (χ4n) is 6.00. The van der Waals surface area contributed by atoms with Crippen molar-refractivity contribution in [2.24, 2.45) is 0 Å². The van der Waals surface area contributed by atoms with Crippen LogP contribution in [0.15, 0.2) is 61.1 Å². The Kier molecular flexibility index (Phi) is 8.08. The van der Waals surface area contributed by atoms with Crippen LogP contribution in [0.4, 0.5) is 22.0 Å². The van der Waals surface area contributed by atoms with E-state index in [0.717, 1.165) is 31.4 Å². The van der Waals surface area contributed by atoms with Gasteiger partial charge in [0.2, 0.25) is 0 Å². The zero-order valence-corrected chi connectivity index (χ0v) is 25.9. The molecular weight excluding hydrogens is 600 g/mol. The molecule has 4 heterocycles. The maximum atomic E-state index is 13.1. The predicted molar refractivity (Wildman–Crippen MR) is 168 cm³/mol. The lowest BCUT2D eigenvalue weighted by atomic mass is 9.88. The number of rotatable bonds is 9. The van der Waals surface area contributed by atoms with Crippen LogP contribution in [-0.2, 0) is 11.3 Å². The Morgan fingerprint density at radius 1 is 1.09 bits per heavy atom. The Bertz CT molecular complexity index is 1740. The molecule has 0 saturated carbocycles. The normalized spacial score (nSPS) is 19.0. The van der Waals surface area contributed by atoms with Crippen LogP contribution < -0.4 is 14.8 Å². The van der Waals surface area contributed by atoms with E-state index in [1.165, 1.54) is 18.5 Å². The number of benzene rings is 2. The van der Waals surface area contributed by atoms with Crippen molar-refractivity contribution in [1.29, 1.82) is 0 Å². The number of nitro groups is 1. The fourth-order valence-corrected chi connectivity index (χ4v) is 6.24. The van der Waals surface area contributed by atoms with Gasteiger partial charge in [-0.05, 0) is 76.8 Å². The van der Waals surface area contributed by atoms with Crippen molar-refractivity contribution in [2.75, 3.05) is 11.9 Å². The van der Waals surface area contributed by atoms with Gasteiger partial charge in [0.05, 0.1) is 32.1 Å². The molecule has 1 amide bonds. The lowest BCUT2D eigenvalue weighted by Crippen LogP contribution is -2.50. The number of aromatic nitrogens is 3. The molecule has 2 aliphatic rings. The van der Waals surface area contributed by atoms with Gasteiger partial charge in [-0.2, -0.15) is 0 Å². The molecule has 2 fully saturated rings. The van der Waals surface area contributed by atoms with Crippen LogP contribution in [0.1, 0.15) is 52.1 Å². The average Bonchev–Trinajstić information content (AvgIpc) is 3.55. The number of amides is 1. The van der Waals surface area contributed by atoms with E-state index in [-0.39, 0.29) is 36.8 Å². The highest BCUT2D eigenvalue weighted by Gasteiger charge is 2.55. The molecule has 234 valence electrons. The molecule has 0 radical (unpaired) electrons. The summed E-state index contributed by atoms with van der Waals surface area (Å²) in [6.07, 6.45) is 5.84. The topological polar surface area (TPSA) is 142 Å². The molecule has 2 saturated heterocycles. The number of fused-ring (bicyclic) bond motifs is 3. The minimum Gasteiger partial charge on any atom is -0.486 e. The molecule has 4 aromatic rings. The van der Waals surface area contributed by atoms with Gasteiger partial charge in [0.25, 0.3) is 0 Å². The second-order valence-electron chi connectivity index (χ2n) is 12.3. The third-order valence-corrected chi connectivity index (χ3v) is 8.35. The van der Waals surface area contributed by atoms with Crippen LogP contribution in [0.2, 0.25) is 5.02 Å². The predicted octanol–water partition coefficient (Wildman–Crippen LogP) is 7.22. The maximum absolute atomic E-state index is 13.1. The second kappa shape index (κ2) is 12.0. The molecule has 6 rings (SSSR count). The van der Waals surface area contributed by atoms with Gasteiger partial charge in [-0.25, -0.2) is 14.8 Å². The number of hydrogen-bond donors (Lipinski definition) is 1. The molecule has 45 heavy (non-hydrogen) atoms. The van der Waals surface area contributed by atoms with E-state index in [0.29, 0.717) is 33.2 Å².